The van der Waals surface area contributed by atoms with Crippen LogP contribution < -0.4 is 15.8 Å². The average molecular weight is 406 g/mol. The Balaban J connectivity index is 1.72. The number of halogens is 1. The summed E-state index contributed by atoms with van der Waals surface area (Å²) in [5, 5.41) is 6.96. The number of nitrogens with one attached hydrogen (secondary N) is 1. The first-order chi connectivity index (χ1) is 12.0. The van der Waals surface area contributed by atoms with E-state index in [-0.39, 0.29) is 17.4 Å². The van der Waals surface area contributed by atoms with Gasteiger partial charge in [-0.2, -0.15) is 5.10 Å². The van der Waals surface area contributed by atoms with Crippen molar-refractivity contribution in [1.29, 1.82) is 0 Å². The van der Waals surface area contributed by atoms with Crippen molar-refractivity contribution in [2.24, 2.45) is 13.0 Å². The third kappa shape index (κ3) is 3.89. The van der Waals surface area contributed by atoms with E-state index in [1.165, 1.54) is 4.68 Å². The highest BCUT2D eigenvalue weighted by molar-refractivity contribution is 9.10. The van der Waals surface area contributed by atoms with E-state index in [9.17, 15) is 9.59 Å². The number of hydrogen-bond acceptors (Lipinski definition) is 5. The molecule has 0 radical (unpaired) electrons. The molecule has 1 aliphatic heterocycles. The summed E-state index contributed by atoms with van der Waals surface area (Å²) in [6.07, 6.45) is 5.07. The molecule has 1 N–H and O–H groups in total. The van der Waals surface area contributed by atoms with E-state index in [2.05, 4.69) is 31.3 Å². The largest absolute Gasteiger partial charge is 0.368 e. The van der Waals surface area contributed by atoms with E-state index in [1.54, 1.807) is 25.5 Å². The van der Waals surface area contributed by atoms with Crippen LogP contribution in [0.2, 0.25) is 0 Å². The van der Waals surface area contributed by atoms with Gasteiger partial charge in [-0.1, -0.05) is 6.07 Å². The topological polar surface area (TPSA) is 80.1 Å². The molecule has 0 bridgehead atoms. The molecule has 2 aromatic heterocycles. The Bertz CT molecular complexity index is 834. The fourth-order valence-electron chi connectivity index (χ4n) is 2.90. The minimum Gasteiger partial charge on any atom is -0.368 e. The van der Waals surface area contributed by atoms with Gasteiger partial charge < -0.3 is 10.2 Å². The van der Waals surface area contributed by atoms with Gasteiger partial charge in [-0.15, -0.1) is 0 Å². The molecule has 2 aromatic rings. The van der Waals surface area contributed by atoms with Gasteiger partial charge in [0.25, 0.3) is 5.56 Å². The summed E-state index contributed by atoms with van der Waals surface area (Å²) in [6, 6.07) is 3.72. The molecule has 3 heterocycles. The number of nitrogens with zero attached hydrogens (tertiary/aromatic N) is 4. The van der Waals surface area contributed by atoms with Gasteiger partial charge in [0.05, 0.1) is 17.8 Å². The molecule has 1 saturated heterocycles. The molecule has 3 rings (SSSR count). The number of piperidine rings is 1. The van der Waals surface area contributed by atoms with Gasteiger partial charge in [0.1, 0.15) is 10.3 Å². The lowest BCUT2D eigenvalue weighted by Crippen LogP contribution is -2.41. The Morgan fingerprint density at radius 2 is 2.16 bits per heavy atom. The second kappa shape index (κ2) is 7.35. The summed E-state index contributed by atoms with van der Waals surface area (Å²) in [7, 11) is 1.61. The molecule has 8 heteroatoms. The summed E-state index contributed by atoms with van der Waals surface area (Å²) in [5.41, 5.74) is 1.59. The van der Waals surface area contributed by atoms with E-state index in [0.717, 1.165) is 30.6 Å². The number of anilines is 2. The predicted molar refractivity (Wildman–Crippen MR) is 99.7 cm³/mol. The number of rotatable bonds is 3. The number of amides is 1. The summed E-state index contributed by atoms with van der Waals surface area (Å²) in [6.45, 7) is 3.29. The average Bonchev–Trinajstić information content (AvgIpc) is 2.62. The van der Waals surface area contributed by atoms with Gasteiger partial charge in [0.2, 0.25) is 5.91 Å². The number of hydrogen-bond donors (Lipinski definition) is 1. The fraction of sp³-hybridized carbons (Fsp3) is 0.412. The summed E-state index contributed by atoms with van der Waals surface area (Å²) < 4.78 is 1.76. The van der Waals surface area contributed by atoms with Gasteiger partial charge in [-0.25, -0.2) is 9.67 Å². The Labute approximate surface area is 154 Å². The second-order valence-corrected chi connectivity index (χ2v) is 7.06. The Hall–Kier alpha value is -2.22. The maximum atomic E-state index is 12.6. The van der Waals surface area contributed by atoms with E-state index >= 15 is 0 Å². The van der Waals surface area contributed by atoms with Crippen LogP contribution >= 0.6 is 15.9 Å². The van der Waals surface area contributed by atoms with Crippen LogP contribution in [0.4, 0.5) is 11.5 Å². The zero-order valence-corrected chi connectivity index (χ0v) is 15.8. The van der Waals surface area contributed by atoms with Crippen molar-refractivity contribution >= 4 is 33.3 Å². The number of pyridine rings is 1. The van der Waals surface area contributed by atoms with Crippen molar-refractivity contribution in [2.75, 3.05) is 23.3 Å². The van der Waals surface area contributed by atoms with E-state index in [4.69, 9.17) is 0 Å². The minimum absolute atomic E-state index is 0.0473. The van der Waals surface area contributed by atoms with Crippen molar-refractivity contribution in [3.63, 3.8) is 0 Å². The zero-order chi connectivity index (χ0) is 18.0. The molecule has 1 aliphatic rings. The Morgan fingerprint density at radius 3 is 2.88 bits per heavy atom. The van der Waals surface area contributed by atoms with E-state index in [1.807, 2.05) is 17.9 Å². The summed E-state index contributed by atoms with van der Waals surface area (Å²) in [5.74, 6) is 0.353. The molecule has 1 amide bonds. The predicted octanol–water partition coefficient (Wildman–Crippen LogP) is 2.10. The van der Waals surface area contributed by atoms with Crippen LogP contribution in [0, 0.1) is 12.8 Å². The molecular weight excluding hydrogens is 386 g/mol. The normalized spacial score (nSPS) is 17.4. The Morgan fingerprint density at radius 1 is 1.36 bits per heavy atom. The van der Waals surface area contributed by atoms with Gasteiger partial charge in [-0.3, -0.25) is 9.59 Å². The van der Waals surface area contributed by atoms with Gasteiger partial charge >= 0.3 is 0 Å². The summed E-state index contributed by atoms with van der Waals surface area (Å²) in [4.78, 5) is 30.9. The molecule has 1 fully saturated rings. The maximum absolute atomic E-state index is 12.6. The maximum Gasteiger partial charge on any atom is 0.282 e. The zero-order valence-electron chi connectivity index (χ0n) is 14.2. The minimum atomic E-state index is -0.187. The molecule has 0 aliphatic carbocycles. The van der Waals surface area contributed by atoms with E-state index in [0.29, 0.717) is 16.8 Å². The molecular formula is C17H20BrN5O2. The first-order valence-corrected chi connectivity index (χ1v) is 8.95. The molecule has 25 heavy (non-hydrogen) atoms. The fourth-order valence-corrected chi connectivity index (χ4v) is 3.51. The number of aromatic nitrogens is 3. The highest BCUT2D eigenvalue weighted by atomic mass is 79.9. The third-order valence-corrected chi connectivity index (χ3v) is 5.10. The molecule has 1 atom stereocenters. The van der Waals surface area contributed by atoms with Crippen molar-refractivity contribution in [3.8, 4) is 0 Å². The van der Waals surface area contributed by atoms with Crippen LogP contribution in [0.1, 0.15) is 18.4 Å². The van der Waals surface area contributed by atoms with Crippen molar-refractivity contribution < 1.29 is 4.79 Å². The molecule has 0 aromatic carbocycles. The molecule has 1 unspecified atom stereocenters. The smallest absolute Gasteiger partial charge is 0.282 e. The number of aryl methyl sites for hydroxylation is 2. The molecule has 0 spiro atoms. The van der Waals surface area contributed by atoms with Crippen LogP contribution in [0.5, 0.6) is 0 Å². The molecule has 132 valence electrons. The highest BCUT2D eigenvalue weighted by Gasteiger charge is 2.28. The lowest BCUT2D eigenvalue weighted by atomic mass is 9.97. The lowest BCUT2D eigenvalue weighted by molar-refractivity contribution is -0.120. The molecule has 0 saturated carbocycles. The van der Waals surface area contributed by atoms with Crippen LogP contribution in [-0.2, 0) is 11.8 Å². The van der Waals surface area contributed by atoms with E-state index < -0.39 is 0 Å². The SMILES string of the molecule is Cc1ccc(NC(=O)C2CCCN(c3cnn(C)c(=O)c3Br)C2)nc1. The van der Waals surface area contributed by atoms with Crippen LogP contribution in [0.15, 0.2) is 33.8 Å². The third-order valence-electron chi connectivity index (χ3n) is 4.36. The van der Waals surface area contributed by atoms with Crippen molar-refractivity contribution in [1.82, 2.24) is 14.8 Å². The monoisotopic (exact) mass is 405 g/mol. The standard InChI is InChI=1S/C17H20BrN5O2/c1-11-5-6-14(19-8-11)21-16(24)12-4-3-7-23(10-12)13-9-20-22(2)17(25)15(13)18/h5-6,8-9,12H,3-4,7,10H2,1-2H3,(H,19,21,24). The van der Waals surface area contributed by atoms with Crippen LogP contribution in [-0.4, -0.2) is 33.8 Å². The highest BCUT2D eigenvalue weighted by Crippen LogP contribution is 2.27. The number of carbonyl (C=O) groups excluding carboxylic acids is 1. The summed E-state index contributed by atoms with van der Waals surface area (Å²) >= 11 is 3.36. The Kier molecular flexibility index (Phi) is 5.17. The first kappa shape index (κ1) is 17.6. The van der Waals surface area contributed by atoms with Crippen LogP contribution in [0.3, 0.4) is 0 Å². The first-order valence-electron chi connectivity index (χ1n) is 8.16. The second-order valence-electron chi connectivity index (χ2n) is 6.27. The van der Waals surface area contributed by atoms with Gasteiger partial charge in [-0.05, 0) is 47.3 Å². The van der Waals surface area contributed by atoms with Crippen molar-refractivity contribution in [2.45, 2.75) is 19.8 Å². The lowest BCUT2D eigenvalue weighted by Gasteiger charge is -2.33. The quantitative estimate of drug-likeness (QED) is 0.845. The number of carbonyl (C=O) groups is 1. The molecule has 7 nitrogen and oxygen atoms in total. The van der Waals surface area contributed by atoms with Crippen LogP contribution in [0.25, 0.3) is 0 Å². The van der Waals surface area contributed by atoms with Crippen molar-refractivity contribution in [3.05, 3.63) is 44.9 Å². The van der Waals surface area contributed by atoms with Gasteiger partial charge in [0, 0.05) is 26.3 Å². The van der Waals surface area contributed by atoms with Gasteiger partial charge in [0.15, 0.2) is 0 Å².